The molecule has 2 saturated heterocycles. The molecule has 4 rings (SSSR count). The van der Waals surface area contributed by atoms with Crippen LogP contribution in [0.15, 0.2) is 18.2 Å². The Kier molecular flexibility index (Phi) is 9.67. The summed E-state index contributed by atoms with van der Waals surface area (Å²) in [5, 5.41) is 10.4. The topological polar surface area (TPSA) is 133 Å². The molecule has 3 heterocycles. The van der Waals surface area contributed by atoms with Gasteiger partial charge in [0.1, 0.15) is 5.75 Å². The van der Waals surface area contributed by atoms with Crippen LogP contribution in [0.5, 0.6) is 5.75 Å². The normalized spacial score (nSPS) is 24.8. The van der Waals surface area contributed by atoms with Gasteiger partial charge in [-0.25, -0.2) is 12.7 Å². The summed E-state index contributed by atoms with van der Waals surface area (Å²) in [6.45, 7) is 5.69. The number of carbonyl (C=O) groups excluding carboxylic acids is 1. The van der Waals surface area contributed by atoms with Gasteiger partial charge in [0.2, 0.25) is 15.9 Å². The maximum Gasteiger partial charge on any atom is 0.308 e. The number of likely N-dealkylation sites (tertiary alicyclic amines) is 1. The summed E-state index contributed by atoms with van der Waals surface area (Å²) in [4.78, 5) is 30.0. The number of unbranched alkanes of at least 4 members (excludes halogenated alkanes) is 1. The van der Waals surface area contributed by atoms with Gasteiger partial charge in [-0.1, -0.05) is 25.5 Å². The summed E-state index contributed by atoms with van der Waals surface area (Å²) in [5.41, 5.74) is 7.72. The van der Waals surface area contributed by atoms with Crippen LogP contribution in [0, 0.1) is 5.92 Å². The second-order valence-corrected chi connectivity index (χ2v) is 12.8. The van der Waals surface area contributed by atoms with Crippen molar-refractivity contribution in [3.05, 3.63) is 29.3 Å². The van der Waals surface area contributed by atoms with Crippen LogP contribution in [0.3, 0.4) is 0 Å². The molecule has 1 amide bonds. The number of carboxylic acid groups (broad SMARTS) is 1. The van der Waals surface area contributed by atoms with Gasteiger partial charge >= 0.3 is 5.97 Å². The molecule has 11 heteroatoms. The van der Waals surface area contributed by atoms with Crippen molar-refractivity contribution in [2.45, 2.75) is 57.4 Å². The van der Waals surface area contributed by atoms with Crippen molar-refractivity contribution in [1.29, 1.82) is 0 Å². The van der Waals surface area contributed by atoms with Gasteiger partial charge in [-0.05, 0) is 49.4 Å². The second kappa shape index (κ2) is 12.8. The Hall–Kier alpha value is -2.21. The van der Waals surface area contributed by atoms with Crippen LogP contribution in [-0.4, -0.2) is 104 Å². The average molecular weight is 551 g/mol. The Morgan fingerprint density at radius 1 is 1.24 bits per heavy atom. The molecule has 3 aliphatic rings. The predicted molar refractivity (Wildman–Crippen MR) is 145 cm³/mol. The fourth-order valence-corrected chi connectivity index (χ4v) is 7.66. The summed E-state index contributed by atoms with van der Waals surface area (Å²) in [6, 6.07) is 5.44. The van der Waals surface area contributed by atoms with Crippen molar-refractivity contribution in [2.75, 3.05) is 58.2 Å². The molecule has 3 N–H and O–H groups in total. The minimum Gasteiger partial charge on any atom is -0.493 e. The predicted octanol–water partition coefficient (Wildman–Crippen LogP) is 1.49. The van der Waals surface area contributed by atoms with E-state index in [-0.39, 0.29) is 30.7 Å². The number of rotatable bonds is 13. The van der Waals surface area contributed by atoms with Gasteiger partial charge in [0, 0.05) is 51.1 Å². The fraction of sp³-hybridized carbons (Fsp3) is 0.704. The maximum absolute atomic E-state index is 13.5. The van der Waals surface area contributed by atoms with Crippen LogP contribution < -0.4 is 10.5 Å². The SMILES string of the molecule is CCCCN(CCCN)C(=O)CN1CC(c2ccc3c(c2)CCO3)C(C(=O)O)C1CCN1CCCS1(=O)=O. The number of carboxylic acids is 1. The molecule has 38 heavy (non-hydrogen) atoms. The smallest absolute Gasteiger partial charge is 0.308 e. The molecule has 212 valence electrons. The van der Waals surface area contributed by atoms with Gasteiger partial charge in [0.15, 0.2) is 0 Å². The standard InChI is InChI=1S/C27H42N4O6S/c1-2-3-11-29(12-4-10-28)25(32)19-30-18-22(20-6-7-24-21(17-20)9-15-37-24)26(27(33)34)23(30)8-14-31-13-5-16-38(31,35)36/h6-7,17,22-23,26H,2-5,8-16,18-19,28H2,1H3,(H,33,34). The third kappa shape index (κ3) is 6.50. The number of fused-ring (bicyclic) bond motifs is 1. The van der Waals surface area contributed by atoms with Crippen molar-refractivity contribution in [2.24, 2.45) is 11.7 Å². The number of amides is 1. The fourth-order valence-electron chi connectivity index (χ4n) is 6.11. The molecule has 0 bridgehead atoms. The monoisotopic (exact) mass is 550 g/mol. The zero-order valence-electron chi connectivity index (χ0n) is 22.4. The van der Waals surface area contributed by atoms with Gasteiger partial charge in [-0.15, -0.1) is 0 Å². The lowest BCUT2D eigenvalue weighted by Crippen LogP contribution is -2.46. The molecule has 3 aliphatic heterocycles. The number of nitrogens with two attached hydrogens (primary N) is 1. The highest BCUT2D eigenvalue weighted by atomic mass is 32.2. The largest absolute Gasteiger partial charge is 0.493 e. The number of carbonyl (C=O) groups is 2. The number of hydrogen-bond acceptors (Lipinski definition) is 7. The first kappa shape index (κ1) is 28.8. The molecular formula is C27H42N4O6S. The second-order valence-electron chi connectivity index (χ2n) is 10.7. The first-order valence-corrected chi connectivity index (χ1v) is 15.5. The molecule has 2 fully saturated rings. The van der Waals surface area contributed by atoms with E-state index in [1.807, 2.05) is 28.0 Å². The van der Waals surface area contributed by atoms with Crippen molar-refractivity contribution in [3.63, 3.8) is 0 Å². The summed E-state index contributed by atoms with van der Waals surface area (Å²) < 4.78 is 32.0. The maximum atomic E-state index is 13.5. The summed E-state index contributed by atoms with van der Waals surface area (Å²) in [7, 11) is -3.30. The molecule has 0 aliphatic carbocycles. The molecule has 1 aromatic rings. The van der Waals surface area contributed by atoms with Crippen molar-refractivity contribution < 1.29 is 27.9 Å². The average Bonchev–Trinajstić information content (AvgIpc) is 3.58. The van der Waals surface area contributed by atoms with E-state index < -0.39 is 28.0 Å². The lowest BCUT2D eigenvalue weighted by Gasteiger charge is -2.30. The molecule has 3 atom stereocenters. The Morgan fingerprint density at radius 3 is 2.71 bits per heavy atom. The van der Waals surface area contributed by atoms with Gasteiger partial charge in [0.25, 0.3) is 0 Å². The third-order valence-corrected chi connectivity index (χ3v) is 10.1. The van der Waals surface area contributed by atoms with E-state index in [0.717, 1.165) is 36.1 Å². The lowest BCUT2D eigenvalue weighted by atomic mass is 9.83. The summed E-state index contributed by atoms with van der Waals surface area (Å²) in [5.74, 6) is -1.02. The summed E-state index contributed by atoms with van der Waals surface area (Å²) in [6.07, 6.45) is 4.32. The van der Waals surface area contributed by atoms with Crippen LogP contribution in [0.25, 0.3) is 0 Å². The Bertz CT molecular complexity index is 1090. The number of hydrogen-bond donors (Lipinski definition) is 2. The number of benzene rings is 1. The number of sulfonamides is 1. The molecular weight excluding hydrogens is 508 g/mol. The number of nitrogens with zero attached hydrogens (tertiary/aromatic N) is 3. The molecule has 3 unspecified atom stereocenters. The number of ether oxygens (including phenoxy) is 1. The Labute approximate surface area is 226 Å². The van der Waals surface area contributed by atoms with Crippen molar-refractivity contribution in [1.82, 2.24) is 14.1 Å². The highest BCUT2D eigenvalue weighted by Gasteiger charge is 2.47. The first-order chi connectivity index (χ1) is 18.2. The molecule has 0 saturated carbocycles. The third-order valence-electron chi connectivity index (χ3n) is 8.16. The zero-order valence-corrected chi connectivity index (χ0v) is 23.2. The van der Waals surface area contributed by atoms with E-state index in [1.54, 1.807) is 0 Å². The van der Waals surface area contributed by atoms with Gasteiger partial charge < -0.3 is 20.5 Å². The van der Waals surface area contributed by atoms with E-state index in [2.05, 4.69) is 6.92 Å². The van der Waals surface area contributed by atoms with Crippen LogP contribution >= 0.6 is 0 Å². The highest BCUT2D eigenvalue weighted by Crippen LogP contribution is 2.41. The van der Waals surface area contributed by atoms with Crippen molar-refractivity contribution >= 4 is 21.9 Å². The molecule has 0 radical (unpaired) electrons. The minimum atomic E-state index is -3.30. The molecule has 10 nitrogen and oxygen atoms in total. The van der Waals surface area contributed by atoms with Gasteiger partial charge in [-0.3, -0.25) is 14.5 Å². The Balaban J connectivity index is 1.59. The lowest BCUT2D eigenvalue weighted by molar-refractivity contribution is -0.143. The summed E-state index contributed by atoms with van der Waals surface area (Å²) >= 11 is 0. The van der Waals surface area contributed by atoms with Crippen molar-refractivity contribution in [3.8, 4) is 5.75 Å². The Morgan fingerprint density at radius 2 is 2.03 bits per heavy atom. The van der Waals surface area contributed by atoms with Crippen LogP contribution in [0.4, 0.5) is 0 Å². The minimum absolute atomic E-state index is 0.0298. The number of aliphatic carboxylic acids is 1. The van der Waals surface area contributed by atoms with E-state index in [4.69, 9.17) is 10.5 Å². The van der Waals surface area contributed by atoms with Crippen LogP contribution in [-0.2, 0) is 26.0 Å². The van der Waals surface area contributed by atoms with E-state index in [1.165, 1.54) is 4.31 Å². The van der Waals surface area contributed by atoms with Crippen LogP contribution in [0.1, 0.15) is 56.1 Å². The van der Waals surface area contributed by atoms with Gasteiger partial charge in [0.05, 0.1) is 24.8 Å². The van der Waals surface area contributed by atoms with E-state index >= 15 is 0 Å². The molecule has 0 aromatic heterocycles. The first-order valence-electron chi connectivity index (χ1n) is 13.9. The molecule has 1 aromatic carbocycles. The molecule has 0 spiro atoms. The van der Waals surface area contributed by atoms with Gasteiger partial charge in [-0.2, -0.15) is 0 Å². The van der Waals surface area contributed by atoms with E-state index in [9.17, 15) is 23.1 Å². The highest BCUT2D eigenvalue weighted by molar-refractivity contribution is 7.89. The van der Waals surface area contributed by atoms with E-state index in [0.29, 0.717) is 58.6 Å². The zero-order chi connectivity index (χ0) is 27.3. The quantitative estimate of drug-likeness (QED) is 0.377. The van der Waals surface area contributed by atoms with Crippen LogP contribution in [0.2, 0.25) is 0 Å².